The second-order valence-electron chi connectivity index (χ2n) is 6.27. The maximum absolute atomic E-state index is 12.7. The highest BCUT2D eigenvalue weighted by Gasteiger charge is 2.43. The molecule has 0 unspecified atom stereocenters. The van der Waals surface area contributed by atoms with E-state index >= 15 is 0 Å². The maximum Gasteiger partial charge on any atom is 0.253 e. The van der Waals surface area contributed by atoms with Gasteiger partial charge in [0, 0.05) is 24.2 Å². The van der Waals surface area contributed by atoms with E-state index in [0.717, 1.165) is 26.1 Å². The molecule has 0 aliphatic carbocycles. The average molecular weight is 283 g/mol. The highest BCUT2D eigenvalue weighted by molar-refractivity contribution is 5.94. The van der Waals surface area contributed by atoms with Crippen molar-refractivity contribution in [3.8, 4) is 6.07 Å². The Bertz CT molecular complexity index is 592. The smallest absolute Gasteiger partial charge is 0.253 e. The quantitative estimate of drug-likeness (QED) is 0.794. The molecule has 4 heteroatoms. The topological polar surface area (TPSA) is 47.3 Å². The van der Waals surface area contributed by atoms with Gasteiger partial charge in [-0.2, -0.15) is 5.26 Å². The lowest BCUT2D eigenvalue weighted by molar-refractivity contribution is 0.0412. The van der Waals surface area contributed by atoms with Crippen LogP contribution in [0.25, 0.3) is 0 Å². The van der Waals surface area contributed by atoms with Crippen LogP contribution in [0.5, 0.6) is 0 Å². The molecule has 0 saturated carbocycles. The highest BCUT2D eigenvalue weighted by Crippen LogP contribution is 2.36. The van der Waals surface area contributed by atoms with Gasteiger partial charge in [0.15, 0.2) is 0 Å². The van der Waals surface area contributed by atoms with Crippen LogP contribution in [0.4, 0.5) is 0 Å². The number of carbonyl (C=O) groups excluding carboxylic acids is 1. The van der Waals surface area contributed by atoms with Crippen LogP contribution in [0.3, 0.4) is 0 Å². The Morgan fingerprint density at radius 3 is 2.76 bits per heavy atom. The number of hydrogen-bond donors (Lipinski definition) is 0. The van der Waals surface area contributed by atoms with Crippen LogP contribution in [0.2, 0.25) is 0 Å². The second-order valence-corrected chi connectivity index (χ2v) is 6.27. The lowest BCUT2D eigenvalue weighted by Gasteiger charge is -2.44. The van der Waals surface area contributed by atoms with Crippen molar-refractivity contribution >= 4 is 5.91 Å². The van der Waals surface area contributed by atoms with Crippen molar-refractivity contribution in [2.24, 2.45) is 0 Å². The molecule has 1 atom stereocenters. The number of likely N-dealkylation sites (N-methyl/N-ethyl adjacent to an activating group) is 1. The van der Waals surface area contributed by atoms with Gasteiger partial charge in [-0.25, -0.2) is 0 Å². The maximum atomic E-state index is 12.7. The van der Waals surface area contributed by atoms with E-state index in [4.69, 9.17) is 5.26 Å². The standard InChI is InChI=1S/C17H21N3O/c1-19-9-3-7-17(19)8-4-10-20(13-17)16(21)15-6-2-5-14(11-15)12-18/h2,5-6,11H,3-4,7-10,13H2,1H3/t17-/m1/s1. The molecule has 4 nitrogen and oxygen atoms in total. The predicted molar refractivity (Wildman–Crippen MR) is 80.9 cm³/mol. The number of piperidine rings is 1. The van der Waals surface area contributed by atoms with Gasteiger partial charge in [-0.15, -0.1) is 0 Å². The van der Waals surface area contributed by atoms with Crippen molar-refractivity contribution in [3.63, 3.8) is 0 Å². The van der Waals surface area contributed by atoms with Crippen LogP contribution >= 0.6 is 0 Å². The summed E-state index contributed by atoms with van der Waals surface area (Å²) in [5.41, 5.74) is 1.36. The molecule has 1 aromatic carbocycles. The minimum atomic E-state index is 0.0616. The van der Waals surface area contributed by atoms with Crippen LogP contribution in [0.1, 0.15) is 41.6 Å². The van der Waals surface area contributed by atoms with E-state index in [1.807, 2.05) is 11.0 Å². The summed E-state index contributed by atoms with van der Waals surface area (Å²) in [5.74, 6) is 0.0616. The van der Waals surface area contributed by atoms with Crippen molar-refractivity contribution in [2.75, 3.05) is 26.7 Å². The molecule has 0 aromatic heterocycles. The molecular formula is C17H21N3O. The Hall–Kier alpha value is -1.86. The van der Waals surface area contributed by atoms with Crippen LogP contribution < -0.4 is 0 Å². The number of amides is 1. The molecule has 3 rings (SSSR count). The molecular weight excluding hydrogens is 262 g/mol. The van der Waals surface area contributed by atoms with Gasteiger partial charge in [-0.3, -0.25) is 9.69 Å². The molecule has 1 amide bonds. The summed E-state index contributed by atoms with van der Waals surface area (Å²) in [6.07, 6.45) is 4.66. The van der Waals surface area contributed by atoms with Crippen molar-refractivity contribution in [2.45, 2.75) is 31.2 Å². The Morgan fingerprint density at radius 2 is 2.05 bits per heavy atom. The molecule has 2 saturated heterocycles. The average Bonchev–Trinajstić information content (AvgIpc) is 2.87. The summed E-state index contributed by atoms with van der Waals surface area (Å²) >= 11 is 0. The van der Waals surface area contributed by atoms with Crippen LogP contribution in [-0.4, -0.2) is 47.9 Å². The van der Waals surface area contributed by atoms with Gasteiger partial charge < -0.3 is 4.90 Å². The van der Waals surface area contributed by atoms with Gasteiger partial charge in [-0.05, 0) is 57.5 Å². The van der Waals surface area contributed by atoms with E-state index < -0.39 is 0 Å². The number of rotatable bonds is 1. The van der Waals surface area contributed by atoms with Crippen molar-refractivity contribution in [1.82, 2.24) is 9.80 Å². The van der Waals surface area contributed by atoms with Gasteiger partial charge in [0.05, 0.1) is 11.6 Å². The fourth-order valence-corrected chi connectivity index (χ4v) is 3.78. The summed E-state index contributed by atoms with van der Waals surface area (Å²) in [6.45, 7) is 2.77. The first kappa shape index (κ1) is 14.1. The first-order chi connectivity index (χ1) is 10.1. The van der Waals surface area contributed by atoms with E-state index in [1.165, 1.54) is 19.3 Å². The fraction of sp³-hybridized carbons (Fsp3) is 0.529. The van der Waals surface area contributed by atoms with Crippen LogP contribution in [0.15, 0.2) is 24.3 Å². The molecule has 0 radical (unpaired) electrons. The molecule has 1 aromatic rings. The highest BCUT2D eigenvalue weighted by atomic mass is 16.2. The van der Waals surface area contributed by atoms with Gasteiger partial charge >= 0.3 is 0 Å². The minimum Gasteiger partial charge on any atom is -0.337 e. The molecule has 2 aliphatic rings. The van der Waals surface area contributed by atoms with Gasteiger partial charge in [0.25, 0.3) is 5.91 Å². The summed E-state index contributed by atoms with van der Waals surface area (Å²) in [6, 6.07) is 9.13. The fourth-order valence-electron chi connectivity index (χ4n) is 3.78. The second kappa shape index (κ2) is 5.50. The zero-order valence-electron chi connectivity index (χ0n) is 12.5. The van der Waals surface area contributed by atoms with Crippen LogP contribution in [-0.2, 0) is 0 Å². The molecule has 110 valence electrons. The molecule has 1 spiro atoms. The third-order valence-corrected chi connectivity index (χ3v) is 5.03. The third kappa shape index (κ3) is 2.54. The van der Waals surface area contributed by atoms with E-state index in [9.17, 15) is 4.79 Å². The number of nitriles is 1. The summed E-state index contributed by atoms with van der Waals surface area (Å²) in [5, 5.41) is 8.97. The summed E-state index contributed by atoms with van der Waals surface area (Å²) in [7, 11) is 2.18. The molecule has 2 aliphatic heterocycles. The number of carbonyl (C=O) groups is 1. The van der Waals surface area contributed by atoms with Gasteiger partial charge in [0.2, 0.25) is 0 Å². The Labute approximate surface area is 126 Å². The largest absolute Gasteiger partial charge is 0.337 e. The Balaban J connectivity index is 1.80. The van der Waals surface area contributed by atoms with E-state index in [2.05, 4.69) is 18.0 Å². The SMILES string of the molecule is CN1CCC[C@]12CCCN(C(=O)c1cccc(C#N)c1)C2. The van der Waals surface area contributed by atoms with E-state index in [-0.39, 0.29) is 11.4 Å². The van der Waals surface area contributed by atoms with Crippen molar-refractivity contribution in [3.05, 3.63) is 35.4 Å². The van der Waals surface area contributed by atoms with Gasteiger partial charge in [-0.1, -0.05) is 6.07 Å². The number of benzene rings is 1. The molecule has 0 bridgehead atoms. The zero-order chi connectivity index (χ0) is 14.9. The number of likely N-dealkylation sites (tertiary alicyclic amines) is 2. The minimum absolute atomic E-state index is 0.0616. The van der Waals surface area contributed by atoms with Gasteiger partial charge in [0.1, 0.15) is 0 Å². The molecule has 2 heterocycles. The molecule has 0 N–H and O–H groups in total. The normalized spacial score (nSPS) is 26.0. The Morgan fingerprint density at radius 1 is 1.29 bits per heavy atom. The first-order valence-corrected chi connectivity index (χ1v) is 7.65. The van der Waals surface area contributed by atoms with Crippen molar-refractivity contribution in [1.29, 1.82) is 5.26 Å². The molecule has 2 fully saturated rings. The summed E-state index contributed by atoms with van der Waals surface area (Å²) < 4.78 is 0. The third-order valence-electron chi connectivity index (χ3n) is 5.03. The van der Waals surface area contributed by atoms with E-state index in [0.29, 0.717) is 11.1 Å². The number of hydrogen-bond acceptors (Lipinski definition) is 3. The lowest BCUT2D eigenvalue weighted by atomic mass is 9.86. The number of nitrogens with zero attached hydrogens (tertiary/aromatic N) is 3. The van der Waals surface area contributed by atoms with E-state index in [1.54, 1.807) is 18.2 Å². The Kier molecular flexibility index (Phi) is 3.69. The van der Waals surface area contributed by atoms with Crippen LogP contribution in [0, 0.1) is 11.3 Å². The predicted octanol–water partition coefficient (Wildman–Crippen LogP) is 2.26. The molecule has 21 heavy (non-hydrogen) atoms. The summed E-state index contributed by atoms with van der Waals surface area (Å²) in [4.78, 5) is 17.1. The zero-order valence-corrected chi connectivity index (χ0v) is 12.5. The first-order valence-electron chi connectivity index (χ1n) is 7.65. The van der Waals surface area contributed by atoms with Crippen molar-refractivity contribution < 1.29 is 4.79 Å². The monoisotopic (exact) mass is 283 g/mol. The lowest BCUT2D eigenvalue weighted by Crippen LogP contribution is -2.55.